The third kappa shape index (κ3) is 6.03. The maximum absolute atomic E-state index is 14.9. The van der Waals surface area contributed by atoms with Gasteiger partial charge in [0.15, 0.2) is 5.82 Å². The minimum absolute atomic E-state index is 0.0166. The van der Waals surface area contributed by atoms with Crippen molar-refractivity contribution in [3.63, 3.8) is 0 Å². The largest absolute Gasteiger partial charge is 0.488 e. The number of nitrogens with zero attached hydrogens (tertiary/aromatic N) is 2. The maximum Gasteiger partial charge on any atom is 0.407 e. The number of aromatic nitrogens is 1. The van der Waals surface area contributed by atoms with Crippen LogP contribution >= 0.6 is 0 Å². The number of alkyl carbamates (subject to hydrolysis) is 1. The Labute approximate surface area is 189 Å². The number of hydrogen-bond acceptors (Lipinski definition) is 7. The van der Waals surface area contributed by atoms with Gasteiger partial charge in [-0.2, -0.15) is 0 Å². The zero-order valence-corrected chi connectivity index (χ0v) is 19.4. The molecule has 2 fully saturated rings. The molecule has 9 heteroatoms. The van der Waals surface area contributed by atoms with E-state index in [-0.39, 0.29) is 29.5 Å². The van der Waals surface area contributed by atoms with Crippen LogP contribution in [0.15, 0.2) is 11.8 Å². The molecule has 32 heavy (non-hydrogen) atoms. The molecule has 1 aromatic heterocycles. The number of hydrazine groups is 1. The van der Waals surface area contributed by atoms with Gasteiger partial charge in [-0.25, -0.2) is 20.0 Å². The van der Waals surface area contributed by atoms with Crippen molar-refractivity contribution in [1.29, 1.82) is 0 Å². The molecular formula is C23H36FN5O3. The number of likely N-dealkylation sites (N-methyl/N-ethyl adjacent to an activating group) is 1. The lowest BCUT2D eigenvalue weighted by Gasteiger charge is -2.24. The van der Waals surface area contributed by atoms with Gasteiger partial charge in [0.05, 0.1) is 36.3 Å². The lowest BCUT2D eigenvalue weighted by Crippen LogP contribution is -2.37. The average Bonchev–Trinajstić information content (AvgIpc) is 3.55. The molecule has 1 heterocycles. The number of carbonyl (C=O) groups excluding carboxylic acids is 1. The zero-order chi connectivity index (χ0) is 23.3. The molecule has 1 amide bonds. The fraction of sp³-hybridized carbons (Fsp3) is 0.652. The molecule has 0 bridgehead atoms. The Morgan fingerprint density at radius 3 is 2.62 bits per heavy atom. The van der Waals surface area contributed by atoms with E-state index in [9.17, 15) is 9.18 Å². The van der Waals surface area contributed by atoms with Crippen LogP contribution in [0.2, 0.25) is 0 Å². The summed E-state index contributed by atoms with van der Waals surface area (Å²) in [5.74, 6) is 5.74. The topological polar surface area (TPSA) is 116 Å². The maximum atomic E-state index is 14.9. The Kier molecular flexibility index (Phi) is 7.82. The fourth-order valence-corrected chi connectivity index (χ4v) is 3.98. The SMILES string of the molecule is CCC1(COC(=O)NC/C(=C(/N)c2nc(C)c(OC3CCCCC3)cc2F)N(C)N)CC1. The number of halogens is 1. The number of carbonyl (C=O) groups is 1. The van der Waals surface area contributed by atoms with Crippen LogP contribution in [-0.2, 0) is 4.74 Å². The Hall–Kier alpha value is -2.55. The quantitative estimate of drug-likeness (QED) is 0.390. The molecular weight excluding hydrogens is 413 g/mol. The molecule has 178 valence electrons. The summed E-state index contributed by atoms with van der Waals surface area (Å²) in [4.78, 5) is 16.5. The van der Waals surface area contributed by atoms with Gasteiger partial charge in [-0.1, -0.05) is 13.3 Å². The van der Waals surface area contributed by atoms with E-state index in [1.165, 1.54) is 17.5 Å². The molecule has 1 aromatic rings. The van der Waals surface area contributed by atoms with Crippen molar-refractivity contribution in [2.75, 3.05) is 20.2 Å². The molecule has 3 rings (SSSR count). The van der Waals surface area contributed by atoms with Crippen LogP contribution < -0.4 is 21.6 Å². The van der Waals surface area contributed by atoms with E-state index in [0.717, 1.165) is 44.9 Å². The second kappa shape index (κ2) is 10.4. The van der Waals surface area contributed by atoms with Crippen molar-refractivity contribution >= 4 is 11.8 Å². The van der Waals surface area contributed by atoms with E-state index in [1.807, 2.05) is 0 Å². The van der Waals surface area contributed by atoms with E-state index in [0.29, 0.717) is 23.7 Å². The first kappa shape index (κ1) is 24.1. The van der Waals surface area contributed by atoms with Gasteiger partial charge >= 0.3 is 6.09 Å². The first-order valence-corrected chi connectivity index (χ1v) is 11.5. The number of pyridine rings is 1. The van der Waals surface area contributed by atoms with E-state index in [1.54, 1.807) is 14.0 Å². The summed E-state index contributed by atoms with van der Waals surface area (Å²) < 4.78 is 26.2. The Balaban J connectivity index is 1.69. The molecule has 0 spiro atoms. The summed E-state index contributed by atoms with van der Waals surface area (Å²) in [6.45, 7) is 4.23. The van der Waals surface area contributed by atoms with Gasteiger partial charge in [0, 0.05) is 18.5 Å². The van der Waals surface area contributed by atoms with Crippen molar-refractivity contribution in [3.05, 3.63) is 29.0 Å². The molecule has 2 saturated carbocycles. The highest BCUT2D eigenvalue weighted by Gasteiger charge is 2.42. The van der Waals surface area contributed by atoms with Gasteiger partial charge in [-0.3, -0.25) is 0 Å². The molecule has 2 aliphatic carbocycles. The van der Waals surface area contributed by atoms with Gasteiger partial charge in [-0.05, 0) is 51.9 Å². The molecule has 0 unspecified atom stereocenters. The Morgan fingerprint density at radius 1 is 1.34 bits per heavy atom. The van der Waals surface area contributed by atoms with Crippen LogP contribution in [0, 0.1) is 18.2 Å². The predicted molar refractivity (Wildman–Crippen MR) is 121 cm³/mol. The lowest BCUT2D eigenvalue weighted by atomic mass is 9.98. The first-order chi connectivity index (χ1) is 15.2. The van der Waals surface area contributed by atoms with Crippen LogP contribution in [0.1, 0.15) is 69.7 Å². The minimum atomic E-state index is -0.598. The molecule has 8 nitrogen and oxygen atoms in total. The highest BCUT2D eigenvalue weighted by atomic mass is 19.1. The summed E-state index contributed by atoms with van der Waals surface area (Å²) in [7, 11) is 1.57. The number of nitrogens with one attached hydrogen (secondary N) is 1. The van der Waals surface area contributed by atoms with Gasteiger partial charge in [0.25, 0.3) is 0 Å². The summed E-state index contributed by atoms with van der Waals surface area (Å²) in [5.41, 5.74) is 7.26. The van der Waals surface area contributed by atoms with Crippen LogP contribution in [0.3, 0.4) is 0 Å². The molecule has 5 N–H and O–H groups in total. The van der Waals surface area contributed by atoms with Crippen molar-refractivity contribution in [3.8, 4) is 5.75 Å². The summed E-state index contributed by atoms with van der Waals surface area (Å²) in [6, 6.07) is 1.33. The molecule has 0 radical (unpaired) electrons. The van der Waals surface area contributed by atoms with Crippen LogP contribution in [0.25, 0.3) is 5.70 Å². The van der Waals surface area contributed by atoms with Gasteiger partial charge in [0.1, 0.15) is 11.4 Å². The Morgan fingerprint density at radius 2 is 2.03 bits per heavy atom. The van der Waals surface area contributed by atoms with Crippen molar-refractivity contribution < 1.29 is 18.7 Å². The summed E-state index contributed by atoms with van der Waals surface area (Å²) >= 11 is 0. The predicted octanol–water partition coefficient (Wildman–Crippen LogP) is 3.59. The van der Waals surface area contributed by atoms with E-state index in [4.69, 9.17) is 21.1 Å². The summed E-state index contributed by atoms with van der Waals surface area (Å²) in [6.07, 6.45) is 8.04. The monoisotopic (exact) mass is 449 g/mol. The molecule has 0 atom stereocenters. The third-order valence-corrected chi connectivity index (χ3v) is 6.57. The van der Waals surface area contributed by atoms with E-state index >= 15 is 0 Å². The number of rotatable bonds is 9. The Bertz CT molecular complexity index is 848. The van der Waals surface area contributed by atoms with Crippen LogP contribution in [0.4, 0.5) is 9.18 Å². The fourth-order valence-electron chi connectivity index (χ4n) is 3.98. The van der Waals surface area contributed by atoms with Gasteiger partial charge in [-0.15, -0.1) is 0 Å². The summed E-state index contributed by atoms with van der Waals surface area (Å²) in [5, 5.41) is 3.89. The van der Waals surface area contributed by atoms with Crippen LogP contribution in [0.5, 0.6) is 5.75 Å². The molecule has 2 aliphatic rings. The number of ether oxygens (including phenoxy) is 2. The van der Waals surface area contributed by atoms with Crippen molar-refractivity contribution in [2.45, 2.75) is 71.3 Å². The number of aryl methyl sites for hydroxylation is 1. The zero-order valence-electron chi connectivity index (χ0n) is 19.4. The second-order valence-electron chi connectivity index (χ2n) is 9.03. The van der Waals surface area contributed by atoms with Gasteiger partial charge in [0.2, 0.25) is 0 Å². The number of amides is 1. The molecule has 0 aliphatic heterocycles. The average molecular weight is 450 g/mol. The molecule has 0 saturated heterocycles. The highest BCUT2D eigenvalue weighted by Crippen LogP contribution is 2.48. The van der Waals surface area contributed by atoms with Crippen molar-refractivity contribution in [1.82, 2.24) is 15.3 Å². The first-order valence-electron chi connectivity index (χ1n) is 11.5. The second-order valence-corrected chi connectivity index (χ2v) is 9.03. The van der Waals surface area contributed by atoms with Gasteiger partial charge < -0.3 is 25.5 Å². The van der Waals surface area contributed by atoms with E-state index in [2.05, 4.69) is 17.2 Å². The normalized spacial score (nSPS) is 18.5. The minimum Gasteiger partial charge on any atom is -0.488 e. The van der Waals surface area contributed by atoms with Crippen LogP contribution in [-0.4, -0.2) is 42.4 Å². The smallest absolute Gasteiger partial charge is 0.407 e. The molecule has 0 aromatic carbocycles. The highest BCUT2D eigenvalue weighted by molar-refractivity contribution is 5.69. The third-order valence-electron chi connectivity index (χ3n) is 6.57. The lowest BCUT2D eigenvalue weighted by molar-refractivity contribution is 0.119. The standard InChI is InChI=1S/C23H36FN5O3/c1-4-23(10-11-23)14-31-22(30)27-13-18(29(3)26)20(25)21-17(24)12-19(15(2)28-21)32-16-8-6-5-7-9-16/h12,16H,4-11,13-14,25-26H2,1-3H3,(H,27,30)/b20-18-. The van der Waals surface area contributed by atoms with E-state index < -0.39 is 11.9 Å². The number of hydrogen-bond donors (Lipinski definition) is 3. The number of nitrogens with two attached hydrogens (primary N) is 2. The van der Waals surface area contributed by atoms with Crippen molar-refractivity contribution in [2.24, 2.45) is 17.0 Å².